The number of carboxylic acids is 1. The van der Waals surface area contributed by atoms with Crippen LogP contribution in [-0.2, 0) is 80.0 Å². The molecular weight excluding hydrogens is 1280 g/mol. The molecule has 0 saturated heterocycles. The van der Waals surface area contributed by atoms with Crippen LogP contribution in [0.3, 0.4) is 0 Å². The van der Waals surface area contributed by atoms with Gasteiger partial charge in [0.1, 0.15) is 54.4 Å². The predicted molar refractivity (Wildman–Crippen MR) is 356 cm³/mol. The van der Waals surface area contributed by atoms with Gasteiger partial charge >= 0.3 is 5.97 Å². The van der Waals surface area contributed by atoms with Gasteiger partial charge in [-0.15, -0.1) is 0 Å². The highest BCUT2D eigenvalue weighted by atomic mass is 16.4. The molecule has 0 saturated carbocycles. The van der Waals surface area contributed by atoms with Gasteiger partial charge in [0.25, 0.3) is 0 Å². The number of carbonyl (C=O) groups is 14. The summed E-state index contributed by atoms with van der Waals surface area (Å²) in [7, 11) is 0. The Balaban J connectivity index is 1.87. The Morgan fingerprint density at radius 2 is 0.959 bits per heavy atom. The van der Waals surface area contributed by atoms with E-state index >= 15 is 0 Å². The van der Waals surface area contributed by atoms with Gasteiger partial charge in [0.2, 0.25) is 76.8 Å². The Hall–Kier alpha value is -9.60. The van der Waals surface area contributed by atoms with E-state index in [9.17, 15) is 87.5 Å². The van der Waals surface area contributed by atoms with Crippen molar-refractivity contribution in [3.63, 3.8) is 0 Å². The maximum Gasteiger partial charge on any atom is 0.326 e. The highest BCUT2D eigenvalue weighted by Crippen LogP contribution is 2.20. The van der Waals surface area contributed by atoms with E-state index < -0.39 is 206 Å². The van der Waals surface area contributed by atoms with Crippen molar-refractivity contribution < 1.29 is 87.5 Å². The van der Waals surface area contributed by atoms with Gasteiger partial charge < -0.3 is 102 Å². The molecule has 542 valence electrons. The van der Waals surface area contributed by atoms with E-state index in [2.05, 4.69) is 65.1 Å². The van der Waals surface area contributed by atoms with Crippen molar-refractivity contribution in [3.05, 3.63) is 71.9 Å². The third-order valence-electron chi connectivity index (χ3n) is 16.0. The number of nitrogens with one attached hydrogen (secondary N) is 11. The molecule has 13 amide bonds. The topological polar surface area (TPSA) is 560 Å². The van der Waals surface area contributed by atoms with Gasteiger partial charge in [-0.05, 0) is 55.3 Å². The first-order chi connectivity index (χ1) is 46.3. The molecule has 3 aromatic rings. The van der Waals surface area contributed by atoms with Gasteiger partial charge in [-0.2, -0.15) is 0 Å². The van der Waals surface area contributed by atoms with E-state index in [0.29, 0.717) is 41.3 Å². The lowest BCUT2D eigenvalue weighted by atomic mass is 9.98. The molecule has 13 atom stereocenters. The standard InChI is InChI=1S/C65H99N15O18/c1-7-9-10-11-15-20-39(82)28-52(87)72-46(29-49(67)84)62(94)78-54(34(3)4)64(96)77-43(25-37-18-13-12-14-19-37)57(89)75-48(31-51(69)86)59(91)76-47(30-50(68)85)58(90)74-45(27-40(83)23-24-66)61(93)80-56(36(6)81)63(95)71-33-53(88)73-44(60(92)79-55(65(97)98)35(5)8-2)26-38-32-70-42-22-17-16-21-41(38)42/h12-14,16-19,21-22,32,34-36,39-40,43-48,54-56,70,81-83H,7-11,15,20,23-31,33,66H2,1-6H3,(H2,67,84)(H2,68,85)(H2,69,86)(H,71,95)(H,72,87)(H,73,88)(H,74,90)(H,75,89)(H,76,91)(H,77,96)(H,78,94)(H,79,92)(H,80,93)(H,97,98)/t35?,36-,39?,40?,43?,44?,45?,46?,47?,48?,54?,55?,56+/m1/s1. The van der Waals surface area contributed by atoms with E-state index in [-0.39, 0.29) is 25.8 Å². The molecule has 2 aromatic carbocycles. The normalized spacial score (nSPS) is 15.2. The molecule has 98 heavy (non-hydrogen) atoms. The number of nitrogens with two attached hydrogens (primary N) is 4. The molecule has 1 aromatic heterocycles. The maximum atomic E-state index is 14.4. The number of carbonyl (C=O) groups excluding carboxylic acids is 13. The zero-order chi connectivity index (χ0) is 73.3. The molecule has 33 heteroatoms. The minimum absolute atomic E-state index is 0.142. The number of rotatable bonds is 46. The van der Waals surface area contributed by atoms with E-state index in [4.69, 9.17) is 22.9 Å². The second-order valence-electron chi connectivity index (χ2n) is 24.7. The fourth-order valence-electron chi connectivity index (χ4n) is 10.4. The van der Waals surface area contributed by atoms with Crippen LogP contribution in [0.25, 0.3) is 10.9 Å². The highest BCUT2D eigenvalue weighted by Gasteiger charge is 2.38. The number of aliphatic hydroxyl groups excluding tert-OH is 3. The molecule has 0 aliphatic carbocycles. The molecular formula is C65H99N15O18. The first-order valence-corrected chi connectivity index (χ1v) is 32.7. The summed E-state index contributed by atoms with van der Waals surface area (Å²) in [6.45, 7) is 8.53. The molecule has 0 fully saturated rings. The quantitative estimate of drug-likeness (QED) is 0.0243. The minimum atomic E-state index is -2.04. The third kappa shape index (κ3) is 29.0. The summed E-state index contributed by atoms with van der Waals surface area (Å²) in [4.78, 5) is 192. The number of unbranched alkanes of at least 4 members (excludes halogenated alkanes) is 4. The lowest BCUT2D eigenvalue weighted by Crippen LogP contribution is -2.62. The Morgan fingerprint density at radius 1 is 0.480 bits per heavy atom. The van der Waals surface area contributed by atoms with Crippen LogP contribution < -0.4 is 76.1 Å². The fourth-order valence-corrected chi connectivity index (χ4v) is 10.4. The molecule has 0 aliphatic heterocycles. The summed E-state index contributed by atoms with van der Waals surface area (Å²) >= 11 is 0. The van der Waals surface area contributed by atoms with Crippen molar-refractivity contribution >= 4 is 93.7 Å². The van der Waals surface area contributed by atoms with Crippen LogP contribution >= 0.6 is 0 Å². The van der Waals surface area contributed by atoms with Crippen LogP contribution in [0.15, 0.2) is 60.8 Å². The molecule has 0 aliphatic rings. The predicted octanol–water partition coefficient (Wildman–Crippen LogP) is -3.56. The Labute approximate surface area is 567 Å². The number of aromatic nitrogens is 1. The molecule has 0 spiro atoms. The van der Waals surface area contributed by atoms with E-state index in [1.165, 1.54) is 13.8 Å². The monoisotopic (exact) mass is 1380 g/mol. The number of aliphatic hydroxyl groups is 3. The first kappa shape index (κ1) is 82.6. The van der Waals surface area contributed by atoms with Crippen LogP contribution in [0.5, 0.6) is 0 Å². The van der Waals surface area contributed by atoms with Gasteiger partial charge in [0.05, 0.1) is 50.5 Å². The Bertz CT molecular complexity index is 3200. The van der Waals surface area contributed by atoms with Crippen LogP contribution in [0.2, 0.25) is 0 Å². The summed E-state index contributed by atoms with van der Waals surface area (Å²) in [5.74, 6) is -16.9. The third-order valence-corrected chi connectivity index (χ3v) is 16.0. The van der Waals surface area contributed by atoms with Crippen molar-refractivity contribution in [1.82, 2.24) is 58.2 Å². The molecule has 1 heterocycles. The largest absolute Gasteiger partial charge is 0.480 e. The van der Waals surface area contributed by atoms with Gasteiger partial charge in [-0.1, -0.05) is 122 Å². The van der Waals surface area contributed by atoms with Crippen molar-refractivity contribution in [2.45, 2.75) is 211 Å². The molecule has 0 bridgehead atoms. The van der Waals surface area contributed by atoms with Crippen molar-refractivity contribution in [3.8, 4) is 0 Å². The zero-order valence-corrected chi connectivity index (χ0v) is 56.2. The number of hydrogen-bond donors (Lipinski definition) is 19. The number of fused-ring (bicyclic) bond motifs is 1. The van der Waals surface area contributed by atoms with Crippen LogP contribution in [0.1, 0.15) is 136 Å². The lowest BCUT2D eigenvalue weighted by molar-refractivity contribution is -0.143. The van der Waals surface area contributed by atoms with Gasteiger partial charge in [-0.3, -0.25) is 62.3 Å². The summed E-state index contributed by atoms with van der Waals surface area (Å²) in [6, 6.07) is -0.154. The van der Waals surface area contributed by atoms with Crippen LogP contribution in [0.4, 0.5) is 0 Å². The molecule has 0 radical (unpaired) electrons. The Morgan fingerprint density at radius 3 is 1.51 bits per heavy atom. The average Bonchev–Trinajstić information content (AvgIpc) is 1.77. The van der Waals surface area contributed by atoms with Gasteiger partial charge in [0.15, 0.2) is 0 Å². The number of benzene rings is 2. The summed E-state index contributed by atoms with van der Waals surface area (Å²) in [5, 5.41) is 66.5. The molecule has 23 N–H and O–H groups in total. The number of hydrogen-bond acceptors (Lipinski definition) is 18. The fraction of sp³-hybridized carbons (Fsp3) is 0.569. The van der Waals surface area contributed by atoms with E-state index in [1.807, 2.05) is 0 Å². The van der Waals surface area contributed by atoms with Crippen LogP contribution in [-0.4, -0.2) is 194 Å². The van der Waals surface area contributed by atoms with E-state index in [1.54, 1.807) is 74.6 Å². The van der Waals surface area contributed by atoms with Crippen LogP contribution in [0, 0.1) is 11.8 Å². The van der Waals surface area contributed by atoms with E-state index in [0.717, 1.165) is 32.6 Å². The minimum Gasteiger partial charge on any atom is -0.480 e. The second-order valence-corrected chi connectivity index (χ2v) is 24.7. The smallest absolute Gasteiger partial charge is 0.326 e. The number of aliphatic carboxylic acids is 1. The highest BCUT2D eigenvalue weighted by molar-refractivity contribution is 6.01. The number of H-pyrrole nitrogens is 1. The molecule has 11 unspecified atom stereocenters. The number of carboxylic acid groups (broad SMARTS) is 1. The maximum absolute atomic E-state index is 14.4. The number of aromatic amines is 1. The number of primary amides is 3. The number of para-hydroxylation sites is 1. The van der Waals surface area contributed by atoms with Crippen molar-refractivity contribution in [2.24, 2.45) is 34.8 Å². The first-order valence-electron chi connectivity index (χ1n) is 32.7. The van der Waals surface area contributed by atoms with Crippen molar-refractivity contribution in [2.75, 3.05) is 13.1 Å². The summed E-state index contributed by atoms with van der Waals surface area (Å²) in [6.07, 6.45) is -1.85. The average molecular weight is 1380 g/mol. The SMILES string of the molecule is CCCCCCCC(O)CC(=O)NC(CC(N)=O)C(=O)NC(C(=O)NC(Cc1ccccc1)C(=O)NC(CC(N)=O)C(=O)NC(CC(N)=O)C(=O)NC(CC(O)CCN)C(=O)N[C@H](C(=O)NCC(=O)NC(Cc1c[nH]c2ccccc12)C(=O)NC(C(=O)O)C(C)CC)[C@@H](C)O)C(C)C. The summed E-state index contributed by atoms with van der Waals surface area (Å²) in [5.41, 5.74) is 23.8. The van der Waals surface area contributed by atoms with Crippen molar-refractivity contribution in [1.29, 1.82) is 0 Å². The summed E-state index contributed by atoms with van der Waals surface area (Å²) < 4.78 is 0. The second kappa shape index (κ2) is 42.2. The molecule has 3 rings (SSSR count). The number of amides is 13. The molecule has 33 nitrogen and oxygen atoms in total. The Kier molecular flexibility index (Phi) is 35.5. The lowest BCUT2D eigenvalue weighted by Gasteiger charge is -2.29. The zero-order valence-electron chi connectivity index (χ0n) is 56.2. The van der Waals surface area contributed by atoms with Gasteiger partial charge in [-0.25, -0.2) is 4.79 Å². The van der Waals surface area contributed by atoms with Gasteiger partial charge in [0, 0.05) is 36.4 Å².